The van der Waals surface area contributed by atoms with E-state index in [0.717, 1.165) is 24.9 Å². The molecular weight excluding hydrogens is 222 g/mol. The summed E-state index contributed by atoms with van der Waals surface area (Å²) in [6.45, 7) is 9.66. The van der Waals surface area contributed by atoms with Gasteiger partial charge in [0, 0.05) is 12.1 Å². The highest BCUT2D eigenvalue weighted by Crippen LogP contribution is 2.21. The lowest BCUT2D eigenvalue weighted by Crippen LogP contribution is -2.41. The maximum Gasteiger partial charge on any atom is 0.0802 e. The standard InChI is InChI=1S/C16H27NO/c1-6-16(3,4)17(5)12-11-15(18)14-9-7-13(2)8-10-14/h7-10,15,18H,6,11-12H2,1-5H3. The smallest absolute Gasteiger partial charge is 0.0802 e. The zero-order valence-electron chi connectivity index (χ0n) is 12.4. The van der Waals surface area contributed by atoms with E-state index < -0.39 is 0 Å². The van der Waals surface area contributed by atoms with E-state index >= 15 is 0 Å². The van der Waals surface area contributed by atoms with Gasteiger partial charge in [-0.15, -0.1) is 0 Å². The molecule has 1 rings (SSSR count). The molecule has 0 radical (unpaired) electrons. The number of nitrogens with zero attached hydrogens (tertiary/aromatic N) is 1. The van der Waals surface area contributed by atoms with Crippen LogP contribution in [-0.2, 0) is 0 Å². The Morgan fingerprint density at radius 2 is 1.78 bits per heavy atom. The Balaban J connectivity index is 2.51. The van der Waals surface area contributed by atoms with Gasteiger partial charge in [0.1, 0.15) is 0 Å². The summed E-state index contributed by atoms with van der Waals surface area (Å²) in [4.78, 5) is 2.32. The van der Waals surface area contributed by atoms with Gasteiger partial charge in [0.15, 0.2) is 0 Å². The summed E-state index contributed by atoms with van der Waals surface area (Å²) < 4.78 is 0. The second-order valence-corrected chi connectivity index (χ2v) is 5.80. The van der Waals surface area contributed by atoms with E-state index in [9.17, 15) is 5.11 Å². The number of aliphatic hydroxyl groups is 1. The van der Waals surface area contributed by atoms with Crippen molar-refractivity contribution >= 4 is 0 Å². The van der Waals surface area contributed by atoms with Crippen molar-refractivity contribution in [3.8, 4) is 0 Å². The summed E-state index contributed by atoms with van der Waals surface area (Å²) in [6.07, 6.45) is 1.54. The van der Waals surface area contributed by atoms with Crippen LogP contribution in [0.4, 0.5) is 0 Å². The molecule has 1 N–H and O–H groups in total. The van der Waals surface area contributed by atoms with Crippen LogP contribution in [0.25, 0.3) is 0 Å². The molecule has 0 aliphatic rings. The number of rotatable bonds is 6. The van der Waals surface area contributed by atoms with Crippen LogP contribution in [-0.4, -0.2) is 29.1 Å². The van der Waals surface area contributed by atoms with E-state index in [1.165, 1.54) is 5.56 Å². The second kappa shape index (κ2) is 6.35. The molecule has 0 saturated heterocycles. The Hall–Kier alpha value is -0.860. The van der Waals surface area contributed by atoms with Gasteiger partial charge < -0.3 is 10.0 Å². The third kappa shape index (κ3) is 4.11. The van der Waals surface area contributed by atoms with Crippen molar-refractivity contribution in [3.05, 3.63) is 35.4 Å². The summed E-state index contributed by atoms with van der Waals surface area (Å²) in [5.41, 5.74) is 2.45. The van der Waals surface area contributed by atoms with Crippen LogP contribution in [0.1, 0.15) is 50.8 Å². The van der Waals surface area contributed by atoms with E-state index in [1.54, 1.807) is 0 Å². The average molecular weight is 249 g/mol. The molecule has 0 spiro atoms. The molecule has 0 heterocycles. The van der Waals surface area contributed by atoms with Gasteiger partial charge in [0.2, 0.25) is 0 Å². The van der Waals surface area contributed by atoms with Crippen molar-refractivity contribution in [1.82, 2.24) is 4.90 Å². The number of aliphatic hydroxyl groups excluding tert-OH is 1. The van der Waals surface area contributed by atoms with Crippen molar-refractivity contribution in [2.45, 2.75) is 52.2 Å². The van der Waals surface area contributed by atoms with Gasteiger partial charge in [-0.3, -0.25) is 0 Å². The molecule has 18 heavy (non-hydrogen) atoms. The fraction of sp³-hybridized carbons (Fsp3) is 0.625. The van der Waals surface area contributed by atoms with E-state index in [-0.39, 0.29) is 11.6 Å². The van der Waals surface area contributed by atoms with Crippen LogP contribution >= 0.6 is 0 Å². The molecule has 1 aromatic carbocycles. The molecule has 2 heteroatoms. The molecule has 0 saturated carbocycles. The van der Waals surface area contributed by atoms with Gasteiger partial charge in [0.25, 0.3) is 0 Å². The first kappa shape index (κ1) is 15.2. The zero-order chi connectivity index (χ0) is 13.8. The second-order valence-electron chi connectivity index (χ2n) is 5.80. The predicted molar refractivity (Wildman–Crippen MR) is 77.8 cm³/mol. The predicted octanol–water partition coefficient (Wildman–Crippen LogP) is 3.54. The average Bonchev–Trinajstić information content (AvgIpc) is 2.36. The summed E-state index contributed by atoms with van der Waals surface area (Å²) in [6, 6.07) is 8.15. The quantitative estimate of drug-likeness (QED) is 0.833. The lowest BCUT2D eigenvalue weighted by molar-refractivity contribution is 0.105. The maximum absolute atomic E-state index is 10.2. The van der Waals surface area contributed by atoms with Crippen LogP contribution in [0.2, 0.25) is 0 Å². The van der Waals surface area contributed by atoms with Gasteiger partial charge >= 0.3 is 0 Å². The van der Waals surface area contributed by atoms with E-state index in [1.807, 2.05) is 12.1 Å². The Morgan fingerprint density at radius 1 is 1.22 bits per heavy atom. The molecular formula is C16H27NO. The van der Waals surface area contributed by atoms with Crippen LogP contribution < -0.4 is 0 Å². The summed E-state index contributed by atoms with van der Waals surface area (Å²) in [5.74, 6) is 0. The Morgan fingerprint density at radius 3 is 2.28 bits per heavy atom. The Kier molecular flexibility index (Phi) is 5.36. The molecule has 0 aromatic heterocycles. The highest BCUT2D eigenvalue weighted by molar-refractivity contribution is 5.23. The third-order valence-electron chi connectivity index (χ3n) is 4.10. The normalized spacial score (nSPS) is 13.9. The van der Waals surface area contributed by atoms with Crippen LogP contribution in [0.5, 0.6) is 0 Å². The van der Waals surface area contributed by atoms with Crippen LogP contribution in [0, 0.1) is 6.92 Å². The maximum atomic E-state index is 10.2. The minimum absolute atomic E-state index is 0.201. The third-order valence-corrected chi connectivity index (χ3v) is 4.10. The Bertz CT molecular complexity index is 356. The van der Waals surface area contributed by atoms with Gasteiger partial charge in [0.05, 0.1) is 6.10 Å². The van der Waals surface area contributed by atoms with Gasteiger partial charge in [-0.1, -0.05) is 36.8 Å². The van der Waals surface area contributed by atoms with Crippen molar-refractivity contribution in [2.75, 3.05) is 13.6 Å². The van der Waals surface area contributed by atoms with Gasteiger partial charge in [-0.05, 0) is 46.2 Å². The molecule has 1 atom stereocenters. The molecule has 2 nitrogen and oxygen atoms in total. The van der Waals surface area contributed by atoms with Crippen molar-refractivity contribution in [2.24, 2.45) is 0 Å². The summed E-state index contributed by atoms with van der Waals surface area (Å²) in [5, 5.41) is 10.2. The molecule has 0 amide bonds. The number of aryl methyl sites for hydroxylation is 1. The summed E-state index contributed by atoms with van der Waals surface area (Å²) >= 11 is 0. The van der Waals surface area contributed by atoms with Crippen molar-refractivity contribution in [3.63, 3.8) is 0 Å². The molecule has 0 bridgehead atoms. The molecule has 1 unspecified atom stereocenters. The first-order valence-electron chi connectivity index (χ1n) is 6.82. The minimum Gasteiger partial charge on any atom is -0.388 e. The SMILES string of the molecule is CCC(C)(C)N(C)CCC(O)c1ccc(C)cc1. The lowest BCUT2D eigenvalue weighted by Gasteiger charge is -2.35. The van der Waals surface area contributed by atoms with E-state index in [4.69, 9.17) is 0 Å². The largest absolute Gasteiger partial charge is 0.388 e. The van der Waals surface area contributed by atoms with E-state index in [2.05, 4.69) is 51.8 Å². The summed E-state index contributed by atoms with van der Waals surface area (Å²) in [7, 11) is 2.13. The number of hydrogen-bond acceptors (Lipinski definition) is 2. The van der Waals surface area contributed by atoms with Gasteiger partial charge in [-0.25, -0.2) is 0 Å². The first-order valence-corrected chi connectivity index (χ1v) is 6.82. The molecule has 0 aliphatic carbocycles. The minimum atomic E-state index is -0.360. The first-order chi connectivity index (χ1) is 8.36. The Labute approximate surface area is 112 Å². The van der Waals surface area contributed by atoms with Crippen molar-refractivity contribution in [1.29, 1.82) is 0 Å². The number of hydrogen-bond donors (Lipinski definition) is 1. The zero-order valence-corrected chi connectivity index (χ0v) is 12.4. The fourth-order valence-corrected chi connectivity index (χ4v) is 1.84. The van der Waals surface area contributed by atoms with Crippen LogP contribution in [0.15, 0.2) is 24.3 Å². The fourth-order valence-electron chi connectivity index (χ4n) is 1.84. The number of benzene rings is 1. The highest BCUT2D eigenvalue weighted by Gasteiger charge is 2.21. The topological polar surface area (TPSA) is 23.5 Å². The highest BCUT2D eigenvalue weighted by atomic mass is 16.3. The monoisotopic (exact) mass is 249 g/mol. The molecule has 0 fully saturated rings. The molecule has 0 aliphatic heterocycles. The van der Waals surface area contributed by atoms with Gasteiger partial charge in [-0.2, -0.15) is 0 Å². The van der Waals surface area contributed by atoms with E-state index in [0.29, 0.717) is 0 Å². The lowest BCUT2D eigenvalue weighted by atomic mass is 9.98. The molecule has 102 valence electrons. The van der Waals surface area contributed by atoms with Crippen LogP contribution in [0.3, 0.4) is 0 Å². The van der Waals surface area contributed by atoms with Crippen molar-refractivity contribution < 1.29 is 5.11 Å². The molecule has 1 aromatic rings.